The average Bonchev–Trinajstić information content (AvgIpc) is 2.64. The van der Waals surface area contributed by atoms with Crippen LogP contribution in [0.1, 0.15) is 12.5 Å². The normalized spacial score (nSPS) is 16.9. The van der Waals surface area contributed by atoms with Crippen molar-refractivity contribution < 1.29 is 23.0 Å². The topological polar surface area (TPSA) is 50.8 Å². The largest absolute Gasteiger partial charge is 0.457 e. The molecule has 5 nitrogen and oxygen atoms in total. The average molecular weight is 397 g/mol. The maximum Gasteiger partial charge on any atom is 0.317 e. The summed E-state index contributed by atoms with van der Waals surface area (Å²) in [5.74, 6) is -0.364. The van der Waals surface area contributed by atoms with E-state index in [-0.39, 0.29) is 23.7 Å². The molecule has 0 bridgehead atoms. The van der Waals surface area contributed by atoms with Crippen LogP contribution in [0.3, 0.4) is 0 Å². The molecule has 2 aromatic carbocycles. The molecule has 8 heteroatoms. The third-order valence-electron chi connectivity index (χ3n) is 4.10. The molecule has 3 rings (SSSR count). The number of rotatable bonds is 4. The molecule has 1 unspecified atom stereocenters. The van der Waals surface area contributed by atoms with E-state index in [0.29, 0.717) is 36.8 Å². The van der Waals surface area contributed by atoms with Gasteiger partial charge in [0.15, 0.2) is 0 Å². The lowest BCUT2D eigenvalue weighted by Crippen LogP contribution is -2.48. The molecule has 1 saturated heterocycles. The predicted molar refractivity (Wildman–Crippen MR) is 97.1 cm³/mol. The summed E-state index contributed by atoms with van der Waals surface area (Å²) in [6.45, 7) is 3.44. The first kappa shape index (κ1) is 19.4. The maximum absolute atomic E-state index is 13.7. The van der Waals surface area contributed by atoms with Crippen LogP contribution in [0.5, 0.6) is 11.5 Å². The standard InChI is InChI=1S/C19H19ClF2N2O3/c1-12-11-24(6-7-26-12)19(25)23-10-13-8-14(21)2-5-18(13)27-15-3-4-17(22)16(20)9-15/h2-5,8-9,12H,6-7,10-11H2,1H3,(H,23,25). The van der Waals surface area contributed by atoms with Crippen molar-refractivity contribution >= 4 is 17.6 Å². The molecule has 0 aliphatic carbocycles. The highest BCUT2D eigenvalue weighted by Gasteiger charge is 2.21. The summed E-state index contributed by atoms with van der Waals surface area (Å²) in [7, 11) is 0. The number of halogens is 3. The molecule has 1 fully saturated rings. The molecule has 144 valence electrons. The van der Waals surface area contributed by atoms with Gasteiger partial charge < -0.3 is 19.7 Å². The van der Waals surface area contributed by atoms with Gasteiger partial charge in [-0.05, 0) is 37.3 Å². The van der Waals surface area contributed by atoms with Crippen molar-refractivity contribution in [2.75, 3.05) is 19.7 Å². The number of urea groups is 1. The minimum atomic E-state index is -0.560. The Balaban J connectivity index is 1.70. The van der Waals surface area contributed by atoms with E-state index in [9.17, 15) is 13.6 Å². The van der Waals surface area contributed by atoms with Gasteiger partial charge in [0.1, 0.15) is 23.1 Å². The molecule has 1 aliphatic heterocycles. The van der Waals surface area contributed by atoms with E-state index >= 15 is 0 Å². The first-order chi connectivity index (χ1) is 12.9. The number of nitrogens with one attached hydrogen (secondary N) is 1. The Labute approximate surface area is 160 Å². The van der Waals surface area contributed by atoms with Gasteiger partial charge in [-0.25, -0.2) is 13.6 Å². The van der Waals surface area contributed by atoms with E-state index in [2.05, 4.69) is 5.32 Å². The highest BCUT2D eigenvalue weighted by atomic mass is 35.5. The van der Waals surface area contributed by atoms with Crippen LogP contribution in [0.15, 0.2) is 36.4 Å². The zero-order chi connectivity index (χ0) is 19.4. The molecule has 1 atom stereocenters. The third-order valence-corrected chi connectivity index (χ3v) is 4.39. The second-order valence-corrected chi connectivity index (χ2v) is 6.62. The number of benzene rings is 2. The molecule has 0 saturated carbocycles. The van der Waals surface area contributed by atoms with Crippen molar-refractivity contribution in [2.24, 2.45) is 0 Å². The van der Waals surface area contributed by atoms with Crippen molar-refractivity contribution in [1.82, 2.24) is 10.2 Å². The number of carbonyl (C=O) groups is 1. The molecule has 1 aliphatic rings. The fourth-order valence-corrected chi connectivity index (χ4v) is 2.91. The molecule has 1 N–H and O–H groups in total. The van der Waals surface area contributed by atoms with Crippen molar-refractivity contribution in [3.63, 3.8) is 0 Å². The lowest BCUT2D eigenvalue weighted by atomic mass is 10.2. The monoisotopic (exact) mass is 396 g/mol. The van der Waals surface area contributed by atoms with Crippen LogP contribution in [0.25, 0.3) is 0 Å². The second kappa shape index (κ2) is 8.54. The molecule has 0 aromatic heterocycles. The molecular formula is C19H19ClF2N2O3. The maximum atomic E-state index is 13.7. The van der Waals surface area contributed by atoms with Crippen LogP contribution in [0.2, 0.25) is 5.02 Å². The highest BCUT2D eigenvalue weighted by molar-refractivity contribution is 6.30. The number of nitrogens with zero attached hydrogens (tertiary/aromatic N) is 1. The first-order valence-electron chi connectivity index (χ1n) is 8.48. The fraction of sp³-hybridized carbons (Fsp3) is 0.316. The van der Waals surface area contributed by atoms with Crippen molar-refractivity contribution in [3.8, 4) is 11.5 Å². The highest BCUT2D eigenvalue weighted by Crippen LogP contribution is 2.29. The van der Waals surface area contributed by atoms with E-state index in [1.807, 2.05) is 6.92 Å². The van der Waals surface area contributed by atoms with Gasteiger partial charge in [0.05, 0.1) is 17.7 Å². The zero-order valence-corrected chi connectivity index (χ0v) is 15.4. The lowest BCUT2D eigenvalue weighted by Gasteiger charge is -2.31. The van der Waals surface area contributed by atoms with E-state index in [1.165, 1.54) is 36.4 Å². The number of hydrogen-bond donors (Lipinski definition) is 1. The number of hydrogen-bond acceptors (Lipinski definition) is 3. The molecule has 0 radical (unpaired) electrons. The molecular weight excluding hydrogens is 378 g/mol. The van der Waals surface area contributed by atoms with Crippen LogP contribution in [-0.2, 0) is 11.3 Å². The van der Waals surface area contributed by atoms with Crippen molar-refractivity contribution in [2.45, 2.75) is 19.6 Å². The van der Waals surface area contributed by atoms with Gasteiger partial charge in [-0.15, -0.1) is 0 Å². The van der Waals surface area contributed by atoms with Crippen LogP contribution >= 0.6 is 11.6 Å². The van der Waals surface area contributed by atoms with Gasteiger partial charge in [0.2, 0.25) is 0 Å². The van der Waals surface area contributed by atoms with Crippen LogP contribution in [0.4, 0.5) is 13.6 Å². The van der Waals surface area contributed by atoms with Gasteiger partial charge in [-0.2, -0.15) is 0 Å². The molecule has 2 aromatic rings. The second-order valence-electron chi connectivity index (χ2n) is 6.22. The third kappa shape index (κ3) is 5.08. The van der Waals surface area contributed by atoms with Gasteiger partial charge in [-0.3, -0.25) is 0 Å². The summed E-state index contributed by atoms with van der Waals surface area (Å²) >= 11 is 5.76. The Morgan fingerprint density at radius 3 is 2.89 bits per heavy atom. The molecule has 0 spiro atoms. The number of amides is 2. The number of carbonyl (C=O) groups excluding carboxylic acids is 1. The lowest BCUT2D eigenvalue weighted by molar-refractivity contribution is -0.00352. The summed E-state index contributed by atoms with van der Waals surface area (Å²) in [6, 6.07) is 7.65. The van der Waals surface area contributed by atoms with Gasteiger partial charge in [0.25, 0.3) is 0 Å². The van der Waals surface area contributed by atoms with Crippen LogP contribution in [0, 0.1) is 11.6 Å². The Morgan fingerprint density at radius 2 is 2.15 bits per heavy atom. The zero-order valence-electron chi connectivity index (χ0n) is 14.7. The van der Waals surface area contributed by atoms with Gasteiger partial charge in [0, 0.05) is 31.3 Å². The summed E-state index contributed by atoms with van der Waals surface area (Å²) in [4.78, 5) is 14.0. The fourth-order valence-electron chi connectivity index (χ4n) is 2.74. The Kier molecular flexibility index (Phi) is 6.13. The van der Waals surface area contributed by atoms with Crippen molar-refractivity contribution in [3.05, 3.63) is 58.6 Å². The SMILES string of the molecule is CC1CN(C(=O)NCc2cc(F)ccc2Oc2ccc(F)c(Cl)c2)CCO1. The van der Waals surface area contributed by atoms with Gasteiger partial charge >= 0.3 is 6.03 Å². The summed E-state index contributed by atoms with van der Waals surface area (Å²) in [6.07, 6.45) is -0.0270. The number of ether oxygens (including phenoxy) is 2. The summed E-state index contributed by atoms with van der Waals surface area (Å²) < 4.78 is 38.1. The summed E-state index contributed by atoms with van der Waals surface area (Å²) in [5, 5.41) is 2.68. The molecule has 1 heterocycles. The Bertz CT molecular complexity index is 835. The Hall–Kier alpha value is -2.38. The van der Waals surface area contributed by atoms with Crippen LogP contribution < -0.4 is 10.1 Å². The minimum Gasteiger partial charge on any atom is -0.457 e. The van der Waals surface area contributed by atoms with Crippen LogP contribution in [-0.4, -0.2) is 36.7 Å². The first-order valence-corrected chi connectivity index (χ1v) is 8.86. The summed E-state index contributed by atoms with van der Waals surface area (Å²) in [5.41, 5.74) is 0.449. The van der Waals surface area contributed by atoms with Crippen molar-refractivity contribution in [1.29, 1.82) is 0 Å². The molecule has 2 amide bonds. The van der Waals surface area contributed by atoms with E-state index < -0.39 is 11.6 Å². The quantitative estimate of drug-likeness (QED) is 0.836. The van der Waals surface area contributed by atoms with E-state index in [1.54, 1.807) is 4.90 Å². The smallest absolute Gasteiger partial charge is 0.317 e. The molecule has 27 heavy (non-hydrogen) atoms. The number of morpholine rings is 1. The van der Waals surface area contributed by atoms with E-state index in [4.69, 9.17) is 21.1 Å². The van der Waals surface area contributed by atoms with Gasteiger partial charge in [-0.1, -0.05) is 11.6 Å². The minimum absolute atomic E-state index is 0.0270. The predicted octanol–water partition coefficient (Wildman–Crippen LogP) is 4.34. The Morgan fingerprint density at radius 1 is 1.33 bits per heavy atom. The van der Waals surface area contributed by atoms with E-state index in [0.717, 1.165) is 0 Å².